The molecule has 2 nitrogen and oxygen atoms in total. The molecule has 0 aliphatic rings. The summed E-state index contributed by atoms with van der Waals surface area (Å²) in [6.07, 6.45) is 0. The topological polar surface area (TPSA) is 20.3 Å². The number of likely N-dealkylation sites (N-methyl/N-ethyl adjacent to an activating group) is 1. The summed E-state index contributed by atoms with van der Waals surface area (Å²) in [6.45, 7) is 7.93. The standard InChI is InChI=1S/C12H18BrNOS/c1-12(2,3)8-14(4)7-10(15)11-9(13)5-6-16-11/h5-6H,7-8H2,1-4H3. The summed E-state index contributed by atoms with van der Waals surface area (Å²) in [5.74, 6) is 0.189. The van der Waals surface area contributed by atoms with Gasteiger partial charge in [-0.25, -0.2) is 0 Å². The molecule has 0 amide bonds. The van der Waals surface area contributed by atoms with E-state index in [1.54, 1.807) is 0 Å². The average molecular weight is 304 g/mol. The third-order valence-corrected chi connectivity index (χ3v) is 3.91. The first-order chi connectivity index (χ1) is 7.29. The lowest BCUT2D eigenvalue weighted by atomic mass is 9.96. The Hall–Kier alpha value is -0.190. The Morgan fingerprint density at radius 2 is 2.12 bits per heavy atom. The number of rotatable bonds is 4. The average Bonchev–Trinajstić information content (AvgIpc) is 2.47. The molecule has 1 aromatic heterocycles. The number of nitrogens with zero attached hydrogens (tertiary/aromatic N) is 1. The molecular formula is C12H18BrNOS. The van der Waals surface area contributed by atoms with E-state index in [1.165, 1.54) is 11.3 Å². The maximum Gasteiger partial charge on any atom is 0.187 e. The molecule has 0 aliphatic heterocycles. The number of carbonyl (C=O) groups excluding carboxylic acids is 1. The van der Waals surface area contributed by atoms with Gasteiger partial charge in [0, 0.05) is 11.0 Å². The molecule has 0 aliphatic carbocycles. The maximum atomic E-state index is 12.0. The fourth-order valence-electron chi connectivity index (χ4n) is 1.68. The summed E-state index contributed by atoms with van der Waals surface area (Å²) < 4.78 is 0.909. The Balaban J connectivity index is 2.56. The van der Waals surface area contributed by atoms with Gasteiger partial charge in [-0.1, -0.05) is 20.8 Å². The highest BCUT2D eigenvalue weighted by atomic mass is 79.9. The first kappa shape index (κ1) is 13.9. The molecule has 1 rings (SSSR count). The van der Waals surface area contributed by atoms with Crippen molar-refractivity contribution >= 4 is 33.0 Å². The molecule has 4 heteroatoms. The van der Waals surface area contributed by atoms with Crippen LogP contribution in [0.15, 0.2) is 15.9 Å². The highest BCUT2D eigenvalue weighted by molar-refractivity contribution is 9.10. The van der Waals surface area contributed by atoms with Crippen molar-refractivity contribution in [2.24, 2.45) is 5.41 Å². The van der Waals surface area contributed by atoms with Gasteiger partial charge in [-0.15, -0.1) is 11.3 Å². The van der Waals surface area contributed by atoms with Crippen molar-refractivity contribution in [3.63, 3.8) is 0 Å². The van der Waals surface area contributed by atoms with Crippen molar-refractivity contribution in [3.05, 3.63) is 20.8 Å². The monoisotopic (exact) mass is 303 g/mol. The first-order valence-electron chi connectivity index (χ1n) is 5.24. The van der Waals surface area contributed by atoms with E-state index < -0.39 is 0 Å². The van der Waals surface area contributed by atoms with Crippen molar-refractivity contribution in [3.8, 4) is 0 Å². The van der Waals surface area contributed by atoms with Gasteiger partial charge >= 0.3 is 0 Å². The predicted molar refractivity (Wildman–Crippen MR) is 73.3 cm³/mol. The Labute approximate surface area is 110 Å². The van der Waals surface area contributed by atoms with Gasteiger partial charge in [-0.2, -0.15) is 0 Å². The fraction of sp³-hybridized carbons (Fsp3) is 0.583. The van der Waals surface area contributed by atoms with Gasteiger partial charge in [0.1, 0.15) is 0 Å². The lowest BCUT2D eigenvalue weighted by molar-refractivity contribution is 0.0930. The van der Waals surface area contributed by atoms with Crippen LogP contribution in [0.3, 0.4) is 0 Å². The second-order valence-corrected chi connectivity index (χ2v) is 7.02. The molecule has 0 saturated carbocycles. The molecule has 0 atom stereocenters. The van der Waals surface area contributed by atoms with Crippen LogP contribution in [0.5, 0.6) is 0 Å². The summed E-state index contributed by atoms with van der Waals surface area (Å²) in [4.78, 5) is 14.9. The molecule has 0 saturated heterocycles. The summed E-state index contributed by atoms with van der Waals surface area (Å²) in [5, 5.41) is 1.93. The minimum atomic E-state index is 0.189. The number of halogens is 1. The SMILES string of the molecule is CN(CC(=O)c1sccc1Br)CC(C)(C)C. The van der Waals surface area contributed by atoms with E-state index in [0.717, 1.165) is 15.9 Å². The quantitative estimate of drug-likeness (QED) is 0.791. The number of hydrogen-bond acceptors (Lipinski definition) is 3. The lowest BCUT2D eigenvalue weighted by Gasteiger charge is -2.25. The van der Waals surface area contributed by atoms with Crippen LogP contribution in [0.2, 0.25) is 0 Å². The maximum absolute atomic E-state index is 12.0. The van der Waals surface area contributed by atoms with Crippen LogP contribution in [0.25, 0.3) is 0 Å². The highest BCUT2D eigenvalue weighted by Crippen LogP contribution is 2.23. The van der Waals surface area contributed by atoms with E-state index in [9.17, 15) is 4.79 Å². The number of carbonyl (C=O) groups is 1. The van der Waals surface area contributed by atoms with Gasteiger partial charge in [0.25, 0.3) is 0 Å². The Morgan fingerprint density at radius 3 is 2.56 bits per heavy atom. The molecule has 1 heterocycles. The Morgan fingerprint density at radius 1 is 1.50 bits per heavy atom. The van der Waals surface area contributed by atoms with E-state index in [-0.39, 0.29) is 11.2 Å². The largest absolute Gasteiger partial charge is 0.298 e. The molecule has 16 heavy (non-hydrogen) atoms. The van der Waals surface area contributed by atoms with E-state index in [0.29, 0.717) is 6.54 Å². The fourth-order valence-corrected chi connectivity index (χ4v) is 3.20. The minimum Gasteiger partial charge on any atom is -0.298 e. The third kappa shape index (κ3) is 4.36. The van der Waals surface area contributed by atoms with Crippen molar-refractivity contribution in [1.82, 2.24) is 4.90 Å². The van der Waals surface area contributed by atoms with Crippen molar-refractivity contribution < 1.29 is 4.79 Å². The van der Waals surface area contributed by atoms with Gasteiger partial charge in [0.05, 0.1) is 11.4 Å². The van der Waals surface area contributed by atoms with Gasteiger partial charge in [-0.3, -0.25) is 9.69 Å². The van der Waals surface area contributed by atoms with Gasteiger partial charge < -0.3 is 0 Å². The van der Waals surface area contributed by atoms with Crippen LogP contribution >= 0.6 is 27.3 Å². The molecule has 0 unspecified atom stereocenters. The van der Waals surface area contributed by atoms with Crippen LogP contribution in [0.4, 0.5) is 0 Å². The molecular weight excluding hydrogens is 286 g/mol. The molecule has 0 aromatic carbocycles. The van der Waals surface area contributed by atoms with Crippen LogP contribution in [0.1, 0.15) is 30.4 Å². The molecule has 0 fully saturated rings. The lowest BCUT2D eigenvalue weighted by Crippen LogP contribution is -2.33. The van der Waals surface area contributed by atoms with Crippen LogP contribution in [0, 0.1) is 5.41 Å². The first-order valence-corrected chi connectivity index (χ1v) is 6.91. The molecule has 0 spiro atoms. The zero-order valence-corrected chi connectivity index (χ0v) is 12.6. The van der Waals surface area contributed by atoms with Crippen LogP contribution in [-0.2, 0) is 0 Å². The van der Waals surface area contributed by atoms with Crippen LogP contribution in [-0.4, -0.2) is 30.8 Å². The normalized spacial score (nSPS) is 12.1. The van der Waals surface area contributed by atoms with Crippen LogP contribution < -0.4 is 0 Å². The zero-order valence-electron chi connectivity index (χ0n) is 10.2. The second-order valence-electron chi connectivity index (χ2n) is 5.25. The molecule has 0 radical (unpaired) electrons. The van der Waals surface area contributed by atoms with Gasteiger partial charge in [-0.05, 0) is 39.8 Å². The Bertz CT molecular complexity index is 367. The van der Waals surface area contributed by atoms with E-state index in [2.05, 4.69) is 41.6 Å². The smallest absolute Gasteiger partial charge is 0.187 e. The molecule has 1 aromatic rings. The van der Waals surface area contributed by atoms with Crippen molar-refractivity contribution in [2.45, 2.75) is 20.8 Å². The molecule has 90 valence electrons. The van der Waals surface area contributed by atoms with Crippen molar-refractivity contribution in [1.29, 1.82) is 0 Å². The molecule has 0 N–H and O–H groups in total. The Kier molecular flexibility index (Phi) is 4.71. The number of hydrogen-bond donors (Lipinski definition) is 0. The summed E-state index contributed by atoms with van der Waals surface area (Å²) in [7, 11) is 1.99. The predicted octanol–water partition coefficient (Wildman–Crippen LogP) is 3.67. The van der Waals surface area contributed by atoms with Gasteiger partial charge in [0.15, 0.2) is 5.78 Å². The molecule has 0 bridgehead atoms. The van der Waals surface area contributed by atoms with Gasteiger partial charge in [0.2, 0.25) is 0 Å². The second kappa shape index (κ2) is 5.43. The summed E-state index contributed by atoms with van der Waals surface area (Å²) >= 11 is 4.88. The zero-order chi connectivity index (χ0) is 12.3. The highest BCUT2D eigenvalue weighted by Gasteiger charge is 2.18. The van der Waals surface area contributed by atoms with E-state index in [1.807, 2.05) is 18.5 Å². The number of ketones is 1. The number of Topliss-reactive ketones (excluding diaryl/α,β-unsaturated/α-hetero) is 1. The third-order valence-electron chi connectivity index (χ3n) is 2.03. The minimum absolute atomic E-state index is 0.189. The van der Waals surface area contributed by atoms with E-state index in [4.69, 9.17) is 0 Å². The van der Waals surface area contributed by atoms with Crippen molar-refractivity contribution in [2.75, 3.05) is 20.1 Å². The van der Waals surface area contributed by atoms with E-state index >= 15 is 0 Å². The number of thiophene rings is 1. The summed E-state index contributed by atoms with van der Waals surface area (Å²) in [6, 6.07) is 1.92. The summed E-state index contributed by atoms with van der Waals surface area (Å²) in [5.41, 5.74) is 0.224.